The summed E-state index contributed by atoms with van der Waals surface area (Å²) in [5.74, 6) is 1.83. The molecular weight excluding hydrogens is 635 g/mol. The number of rotatable bonds is 8. The molecule has 11 nitrogen and oxygen atoms in total. The highest BCUT2D eigenvalue weighted by molar-refractivity contribution is 7.92. The van der Waals surface area contributed by atoms with Gasteiger partial charge in [-0.1, -0.05) is 19.9 Å². The predicted octanol–water partition coefficient (Wildman–Crippen LogP) is 6.49. The summed E-state index contributed by atoms with van der Waals surface area (Å²) in [7, 11) is -3.67. The van der Waals surface area contributed by atoms with Crippen molar-refractivity contribution in [2.24, 2.45) is 11.8 Å². The van der Waals surface area contributed by atoms with Crippen LogP contribution in [0.3, 0.4) is 0 Å². The molecule has 0 spiro atoms. The molecule has 0 radical (unpaired) electrons. The summed E-state index contributed by atoms with van der Waals surface area (Å²) in [6.07, 6.45) is 8.80. The number of hydrogen-bond donors (Lipinski definition) is 1. The predicted molar refractivity (Wildman–Crippen MR) is 179 cm³/mol. The minimum absolute atomic E-state index is 0.0261. The Morgan fingerprint density at radius 1 is 1.09 bits per heavy atom. The van der Waals surface area contributed by atoms with Crippen molar-refractivity contribution < 1.29 is 17.6 Å². The van der Waals surface area contributed by atoms with Gasteiger partial charge in [-0.15, -0.1) is 21.5 Å². The molecule has 1 unspecified atom stereocenters. The maximum Gasteiger partial charge on any atom is 0.250 e. The van der Waals surface area contributed by atoms with E-state index >= 15 is 0 Å². The van der Waals surface area contributed by atoms with E-state index in [0.717, 1.165) is 77.6 Å². The quantitative estimate of drug-likeness (QED) is 0.193. The Balaban J connectivity index is 1.31. The summed E-state index contributed by atoms with van der Waals surface area (Å²) >= 11 is 1.49. The van der Waals surface area contributed by atoms with E-state index in [1.807, 2.05) is 18.3 Å². The van der Waals surface area contributed by atoms with Gasteiger partial charge in [-0.25, -0.2) is 18.4 Å². The van der Waals surface area contributed by atoms with Crippen molar-refractivity contribution in [2.75, 3.05) is 24.3 Å². The van der Waals surface area contributed by atoms with Crippen LogP contribution in [-0.2, 0) is 27.4 Å². The molecule has 7 heterocycles. The maximum atomic E-state index is 14.1. The van der Waals surface area contributed by atoms with Crippen LogP contribution in [0.4, 0.5) is 5.82 Å². The molecule has 0 saturated carbocycles. The topological polar surface area (TPSA) is 146 Å². The Morgan fingerprint density at radius 3 is 2.72 bits per heavy atom. The van der Waals surface area contributed by atoms with Crippen LogP contribution in [0.5, 0.6) is 0 Å². The van der Waals surface area contributed by atoms with E-state index in [1.54, 1.807) is 13.3 Å². The fraction of sp³-hybridized carbons (Fsp3) is 0.471. The zero-order chi connectivity index (χ0) is 32.3. The van der Waals surface area contributed by atoms with Crippen molar-refractivity contribution >= 4 is 37.2 Å². The fourth-order valence-corrected chi connectivity index (χ4v) is 10.7. The molecule has 8 rings (SSSR count). The Hall–Kier alpha value is -3.81. The van der Waals surface area contributed by atoms with Crippen LogP contribution in [0.1, 0.15) is 80.0 Å². The van der Waals surface area contributed by atoms with Gasteiger partial charge in [0.2, 0.25) is 11.8 Å². The van der Waals surface area contributed by atoms with Gasteiger partial charge in [0, 0.05) is 48.4 Å². The number of sulfone groups is 1. The smallest absolute Gasteiger partial charge is 0.250 e. The number of aryl methyl sites for hydroxylation is 3. The highest BCUT2D eigenvalue weighted by Gasteiger charge is 2.43. The number of nitrogens with zero attached hydrogens (tertiary/aromatic N) is 6. The molecule has 47 heavy (non-hydrogen) atoms. The summed E-state index contributed by atoms with van der Waals surface area (Å²) in [5.41, 5.74) is 5.67. The van der Waals surface area contributed by atoms with Crippen LogP contribution in [0, 0.1) is 18.8 Å². The average Bonchev–Trinajstić information content (AvgIpc) is 3.85. The van der Waals surface area contributed by atoms with Crippen LogP contribution in [0.25, 0.3) is 32.1 Å². The van der Waals surface area contributed by atoms with E-state index < -0.39 is 9.84 Å². The second-order valence-electron chi connectivity index (χ2n) is 13.2. The second kappa shape index (κ2) is 12.0. The number of hydrogen-bond acceptors (Lipinski definition) is 12. The molecule has 3 aliphatic rings. The van der Waals surface area contributed by atoms with Gasteiger partial charge in [-0.2, -0.15) is 0 Å². The third-order valence-corrected chi connectivity index (χ3v) is 12.8. The van der Waals surface area contributed by atoms with Crippen LogP contribution in [0.2, 0.25) is 0 Å². The standard InChI is InChI=1S/C34H37N7O4S2/c1-18(2)22-16-47(42,43)32-29(28(34-41-40-19(3)45-34)25(38-30(22)32)7-6-20-10-13-44-14-11-20)27-15-26-31(46-27)33(37-17-36-26)39-24-9-8-23-21(24)5-4-12-35-23/h4-5,12,15,17-18,20,22,24H,6-11,13-14,16H2,1-3H3,(H,36,37,39)/t22-,24?/m1/s1. The summed E-state index contributed by atoms with van der Waals surface area (Å²) in [6, 6.07) is 6.13. The van der Waals surface area contributed by atoms with Gasteiger partial charge in [0.15, 0.2) is 9.84 Å². The van der Waals surface area contributed by atoms with Crippen molar-refractivity contribution in [2.45, 2.75) is 76.2 Å². The molecule has 2 atom stereocenters. The summed E-state index contributed by atoms with van der Waals surface area (Å²) in [6.45, 7) is 7.40. The van der Waals surface area contributed by atoms with Crippen molar-refractivity contribution in [1.82, 2.24) is 30.1 Å². The van der Waals surface area contributed by atoms with E-state index in [2.05, 4.69) is 50.4 Å². The van der Waals surface area contributed by atoms with E-state index in [-0.39, 0.29) is 34.4 Å². The molecule has 1 N–H and O–H groups in total. The van der Waals surface area contributed by atoms with E-state index in [9.17, 15) is 8.42 Å². The number of thiophene rings is 1. The largest absolute Gasteiger partial charge is 0.421 e. The number of pyridine rings is 2. The van der Waals surface area contributed by atoms with E-state index in [4.69, 9.17) is 14.1 Å². The summed E-state index contributed by atoms with van der Waals surface area (Å²) in [5, 5.41) is 12.2. The molecule has 1 aliphatic carbocycles. The third kappa shape index (κ3) is 5.51. The van der Waals surface area contributed by atoms with Gasteiger partial charge in [0.1, 0.15) is 12.1 Å². The van der Waals surface area contributed by atoms with Crippen LogP contribution < -0.4 is 5.32 Å². The Labute approximate surface area is 277 Å². The Bertz CT molecular complexity index is 2090. The molecule has 1 fully saturated rings. The van der Waals surface area contributed by atoms with Crippen molar-refractivity contribution in [1.29, 1.82) is 0 Å². The lowest BCUT2D eigenvalue weighted by molar-refractivity contribution is 0.0639. The van der Waals surface area contributed by atoms with Crippen LogP contribution in [-0.4, -0.2) is 57.5 Å². The minimum Gasteiger partial charge on any atom is -0.421 e. The van der Waals surface area contributed by atoms with Gasteiger partial charge in [-0.3, -0.25) is 9.97 Å². The van der Waals surface area contributed by atoms with Crippen molar-refractivity contribution in [3.63, 3.8) is 0 Å². The average molecular weight is 672 g/mol. The number of nitrogens with one attached hydrogen (secondary N) is 1. The second-order valence-corrected chi connectivity index (χ2v) is 16.2. The monoisotopic (exact) mass is 671 g/mol. The number of ether oxygens (including phenoxy) is 1. The number of aromatic nitrogens is 6. The molecule has 1 saturated heterocycles. The van der Waals surface area contributed by atoms with Crippen LogP contribution >= 0.6 is 11.3 Å². The molecule has 0 bridgehead atoms. The lowest BCUT2D eigenvalue weighted by atomic mass is 9.89. The zero-order valence-electron chi connectivity index (χ0n) is 26.7. The third-order valence-electron chi connectivity index (χ3n) is 9.83. The van der Waals surface area contributed by atoms with Crippen molar-refractivity contribution in [3.05, 3.63) is 59.3 Å². The zero-order valence-corrected chi connectivity index (χ0v) is 28.3. The molecule has 0 amide bonds. The fourth-order valence-electron chi connectivity index (χ4n) is 7.34. The van der Waals surface area contributed by atoms with Gasteiger partial charge in [0.25, 0.3) is 0 Å². The first kappa shape index (κ1) is 30.5. The van der Waals surface area contributed by atoms with E-state index in [0.29, 0.717) is 35.1 Å². The summed E-state index contributed by atoms with van der Waals surface area (Å²) < 4.78 is 40.8. The lowest BCUT2D eigenvalue weighted by Gasteiger charge is -2.23. The van der Waals surface area contributed by atoms with Gasteiger partial charge in [-0.05, 0) is 68.1 Å². The molecule has 2 aliphatic heterocycles. The maximum absolute atomic E-state index is 14.1. The Kier molecular flexibility index (Phi) is 7.80. The molecule has 13 heteroatoms. The Morgan fingerprint density at radius 2 is 1.94 bits per heavy atom. The molecule has 5 aromatic heterocycles. The summed E-state index contributed by atoms with van der Waals surface area (Å²) in [4.78, 5) is 20.1. The first-order valence-corrected chi connectivity index (χ1v) is 18.9. The van der Waals surface area contributed by atoms with Crippen molar-refractivity contribution in [3.8, 4) is 21.9 Å². The normalized spacial score (nSPS) is 20.6. The SMILES string of the molecule is Cc1nnc(-c2c(CCC3CCOCC3)nc3c(c2-c2cc4ncnc(NC5CCc6ncccc65)c4s2)S(=O)(=O)C[C@@H]3C(C)C)o1. The first-order valence-electron chi connectivity index (χ1n) is 16.4. The molecule has 5 aromatic rings. The number of anilines is 1. The number of fused-ring (bicyclic) bond motifs is 3. The van der Waals surface area contributed by atoms with Crippen LogP contribution in [0.15, 0.2) is 40.0 Å². The molecule has 0 aromatic carbocycles. The minimum atomic E-state index is -3.67. The highest BCUT2D eigenvalue weighted by atomic mass is 32.2. The van der Waals surface area contributed by atoms with Gasteiger partial charge < -0.3 is 14.5 Å². The van der Waals surface area contributed by atoms with Gasteiger partial charge >= 0.3 is 0 Å². The lowest BCUT2D eigenvalue weighted by Crippen LogP contribution is -2.17. The highest BCUT2D eigenvalue weighted by Crippen LogP contribution is 2.51. The first-order chi connectivity index (χ1) is 22.8. The van der Waals surface area contributed by atoms with E-state index in [1.165, 1.54) is 16.9 Å². The van der Waals surface area contributed by atoms with Gasteiger partial charge in [0.05, 0.1) is 43.9 Å². The molecule has 244 valence electrons. The molecular formula is C34H37N7O4S2.